The van der Waals surface area contributed by atoms with Crippen molar-refractivity contribution in [2.75, 3.05) is 26.3 Å². The largest absolute Gasteiger partial charge is 0.480 e. The van der Waals surface area contributed by atoms with Gasteiger partial charge in [0.25, 0.3) is 0 Å². The van der Waals surface area contributed by atoms with Gasteiger partial charge in [0.1, 0.15) is 12.2 Å². The summed E-state index contributed by atoms with van der Waals surface area (Å²) in [6.45, 7) is 1.50. The summed E-state index contributed by atoms with van der Waals surface area (Å²) in [7, 11) is 0. The lowest BCUT2D eigenvalue weighted by Gasteiger charge is -2.39. The minimum absolute atomic E-state index is 0.243. The number of nitrogens with one attached hydrogen (secondary N) is 1. The van der Waals surface area contributed by atoms with Crippen molar-refractivity contribution in [1.82, 2.24) is 10.3 Å². The van der Waals surface area contributed by atoms with E-state index in [9.17, 15) is 4.79 Å². The van der Waals surface area contributed by atoms with Crippen LogP contribution in [0.5, 0.6) is 0 Å². The van der Waals surface area contributed by atoms with Gasteiger partial charge in [0, 0.05) is 30.2 Å². The van der Waals surface area contributed by atoms with E-state index in [2.05, 4.69) is 26.2 Å². The molecule has 6 nitrogen and oxygen atoms in total. The molecule has 3 rings (SSSR count). The molecule has 7 heteroatoms. The fourth-order valence-corrected chi connectivity index (χ4v) is 2.93. The lowest BCUT2D eigenvalue weighted by molar-refractivity contribution is -0.151. The molecule has 0 bridgehead atoms. The highest BCUT2D eigenvalue weighted by Gasteiger charge is 2.55. The van der Waals surface area contributed by atoms with Crippen LogP contribution in [-0.4, -0.2) is 48.0 Å². The van der Waals surface area contributed by atoms with Gasteiger partial charge in [-0.15, -0.1) is 0 Å². The Labute approximate surface area is 124 Å². The van der Waals surface area contributed by atoms with Gasteiger partial charge >= 0.3 is 5.97 Å². The second kappa shape index (κ2) is 5.07. The number of hydrogen-bond acceptors (Lipinski definition) is 5. The Balaban J connectivity index is 1.87. The van der Waals surface area contributed by atoms with E-state index in [-0.39, 0.29) is 12.2 Å². The van der Waals surface area contributed by atoms with E-state index in [4.69, 9.17) is 14.6 Å². The van der Waals surface area contributed by atoms with Crippen molar-refractivity contribution in [3.8, 4) is 0 Å². The number of carbonyl (C=O) groups is 1. The number of aromatic nitrogens is 1. The second-order valence-electron chi connectivity index (χ2n) is 5.29. The fraction of sp³-hybridized carbons (Fsp3) is 0.538. The highest BCUT2D eigenvalue weighted by Crippen LogP contribution is 2.44. The molecule has 2 fully saturated rings. The molecular formula is C13H15BrN2O4. The van der Waals surface area contributed by atoms with Crippen LogP contribution in [0.15, 0.2) is 22.8 Å². The number of carboxylic acid groups (broad SMARTS) is 1. The van der Waals surface area contributed by atoms with Gasteiger partial charge in [-0.3, -0.25) is 4.98 Å². The van der Waals surface area contributed by atoms with E-state index >= 15 is 0 Å². The normalized spacial score (nSPS) is 27.4. The maximum Gasteiger partial charge on any atom is 0.329 e. The summed E-state index contributed by atoms with van der Waals surface area (Å²) < 4.78 is 12.4. The minimum Gasteiger partial charge on any atom is -0.480 e. The second-order valence-corrected chi connectivity index (χ2v) is 6.21. The van der Waals surface area contributed by atoms with Crippen molar-refractivity contribution >= 4 is 21.9 Å². The predicted molar refractivity (Wildman–Crippen MR) is 73.4 cm³/mol. The Kier molecular flexibility index (Phi) is 3.53. The van der Waals surface area contributed by atoms with Gasteiger partial charge in [0.2, 0.25) is 0 Å². The number of pyridine rings is 1. The first-order chi connectivity index (χ1) is 9.54. The first-order valence-electron chi connectivity index (χ1n) is 6.36. The predicted octanol–water partition coefficient (Wildman–Crippen LogP) is 0.903. The minimum atomic E-state index is -0.992. The highest BCUT2D eigenvalue weighted by atomic mass is 79.9. The highest BCUT2D eigenvalue weighted by molar-refractivity contribution is 9.10. The summed E-state index contributed by atoms with van der Waals surface area (Å²) in [6, 6.07) is 3.72. The molecule has 108 valence electrons. The van der Waals surface area contributed by atoms with E-state index in [1.807, 2.05) is 12.1 Å². The third kappa shape index (κ3) is 2.46. The van der Waals surface area contributed by atoms with E-state index in [0.29, 0.717) is 18.7 Å². The number of hydrogen-bond donors (Lipinski definition) is 2. The molecule has 2 saturated heterocycles. The van der Waals surface area contributed by atoms with Crippen molar-refractivity contribution in [3.05, 3.63) is 28.5 Å². The number of carboxylic acids is 1. The molecule has 1 atom stereocenters. The molecule has 1 aromatic rings. The number of nitrogens with zero attached hydrogens (tertiary/aromatic N) is 1. The number of rotatable bonds is 4. The molecule has 20 heavy (non-hydrogen) atoms. The third-order valence-electron chi connectivity index (χ3n) is 3.78. The van der Waals surface area contributed by atoms with E-state index < -0.39 is 11.6 Å². The first-order valence-corrected chi connectivity index (χ1v) is 7.15. The van der Waals surface area contributed by atoms with Crippen molar-refractivity contribution < 1.29 is 19.4 Å². The van der Waals surface area contributed by atoms with Gasteiger partial charge in [-0.05, 0) is 28.1 Å². The average Bonchev–Trinajstić information content (AvgIpc) is 2.79. The average molecular weight is 343 g/mol. The molecule has 0 amide bonds. The van der Waals surface area contributed by atoms with Crippen LogP contribution < -0.4 is 5.32 Å². The monoisotopic (exact) mass is 342 g/mol. The maximum atomic E-state index is 10.8. The Morgan fingerprint density at radius 1 is 1.55 bits per heavy atom. The van der Waals surface area contributed by atoms with Crippen molar-refractivity contribution in [2.24, 2.45) is 0 Å². The van der Waals surface area contributed by atoms with Gasteiger partial charge in [-0.25, -0.2) is 4.79 Å². The van der Waals surface area contributed by atoms with E-state index in [1.54, 1.807) is 6.20 Å². The van der Waals surface area contributed by atoms with Gasteiger partial charge < -0.3 is 19.9 Å². The maximum absolute atomic E-state index is 10.8. The molecule has 2 aliphatic heterocycles. The quantitative estimate of drug-likeness (QED) is 0.846. The summed E-state index contributed by atoms with van der Waals surface area (Å²) in [5.74, 6) is -0.992. The zero-order valence-corrected chi connectivity index (χ0v) is 12.4. The Bertz CT molecular complexity index is 518. The molecule has 3 heterocycles. The van der Waals surface area contributed by atoms with Gasteiger partial charge in [0.05, 0.1) is 17.9 Å². The van der Waals surface area contributed by atoms with Crippen molar-refractivity contribution in [3.63, 3.8) is 0 Å². The Morgan fingerprint density at radius 3 is 2.85 bits per heavy atom. The molecule has 0 aliphatic carbocycles. The standard InChI is InChI=1S/C13H15BrN2O4/c14-9-1-2-10(16-3-9)13(19-4-11(17)18)5-12(20-8-13)6-15-7-12/h1-3,15H,4-8H2,(H,17,18). The van der Waals surface area contributed by atoms with Crippen molar-refractivity contribution in [1.29, 1.82) is 0 Å². The van der Waals surface area contributed by atoms with Crippen molar-refractivity contribution in [2.45, 2.75) is 17.6 Å². The molecule has 1 spiro atoms. The van der Waals surface area contributed by atoms with Crippen LogP contribution in [0.25, 0.3) is 0 Å². The number of aliphatic carboxylic acids is 1. The van der Waals surface area contributed by atoms with Crippen LogP contribution in [0.3, 0.4) is 0 Å². The number of halogens is 1. The molecule has 1 aromatic heterocycles. The molecule has 2 aliphatic rings. The van der Waals surface area contributed by atoms with Crippen LogP contribution in [0.4, 0.5) is 0 Å². The van der Waals surface area contributed by atoms with Gasteiger partial charge in [0.15, 0.2) is 0 Å². The van der Waals surface area contributed by atoms with Crippen LogP contribution in [0, 0.1) is 0 Å². The fourth-order valence-electron chi connectivity index (χ4n) is 2.70. The summed E-state index contributed by atoms with van der Waals surface area (Å²) in [5.41, 5.74) is -0.306. The molecule has 0 saturated carbocycles. The van der Waals surface area contributed by atoms with Gasteiger partial charge in [-0.2, -0.15) is 0 Å². The SMILES string of the molecule is O=C(O)COC1(c2ccc(Br)cn2)COC2(CNC2)C1. The van der Waals surface area contributed by atoms with Crippen LogP contribution in [0.2, 0.25) is 0 Å². The Morgan fingerprint density at radius 2 is 2.35 bits per heavy atom. The van der Waals surface area contributed by atoms with Gasteiger partial charge in [-0.1, -0.05) is 0 Å². The zero-order chi connectivity index (χ0) is 14.2. The molecular weight excluding hydrogens is 328 g/mol. The van der Waals surface area contributed by atoms with Crippen LogP contribution in [-0.2, 0) is 19.9 Å². The lowest BCUT2D eigenvalue weighted by Crippen LogP contribution is -2.59. The molecule has 0 aromatic carbocycles. The smallest absolute Gasteiger partial charge is 0.329 e. The third-order valence-corrected chi connectivity index (χ3v) is 4.25. The van der Waals surface area contributed by atoms with Crippen LogP contribution >= 0.6 is 15.9 Å². The topological polar surface area (TPSA) is 80.7 Å². The molecule has 2 N–H and O–H groups in total. The van der Waals surface area contributed by atoms with Crippen LogP contribution in [0.1, 0.15) is 12.1 Å². The lowest BCUT2D eigenvalue weighted by atomic mass is 9.84. The summed E-state index contributed by atoms with van der Waals surface area (Å²) in [6.07, 6.45) is 2.31. The first kappa shape index (κ1) is 13.9. The summed E-state index contributed by atoms with van der Waals surface area (Å²) in [4.78, 5) is 15.2. The van der Waals surface area contributed by atoms with E-state index in [0.717, 1.165) is 17.6 Å². The molecule has 1 unspecified atom stereocenters. The van der Waals surface area contributed by atoms with E-state index in [1.165, 1.54) is 0 Å². The molecule has 0 radical (unpaired) electrons. The summed E-state index contributed by atoms with van der Waals surface area (Å²) in [5, 5.41) is 12.1. The Hall–Kier alpha value is -1.02. The zero-order valence-electron chi connectivity index (χ0n) is 10.8. The summed E-state index contributed by atoms with van der Waals surface area (Å²) >= 11 is 3.34. The number of ether oxygens (including phenoxy) is 2.